The Morgan fingerprint density at radius 3 is 2.29 bits per heavy atom. The molecule has 0 aliphatic carbocycles. The molecule has 3 nitrogen and oxygen atoms in total. The van der Waals surface area contributed by atoms with Crippen molar-refractivity contribution in [1.82, 2.24) is 0 Å². The molecule has 0 aliphatic heterocycles. The number of aromatic hydroxyl groups is 1. The zero-order valence-corrected chi connectivity index (χ0v) is 12.5. The van der Waals surface area contributed by atoms with Gasteiger partial charge in [0.15, 0.2) is 5.78 Å². The molecule has 0 saturated carbocycles. The lowest BCUT2D eigenvalue weighted by Crippen LogP contribution is -2.21. The molecular weight excluding hydrogens is 262 g/mol. The Bertz CT molecular complexity index is 604. The molecule has 0 saturated heterocycles. The summed E-state index contributed by atoms with van der Waals surface area (Å²) in [5.41, 5.74) is 2.28. The fraction of sp³-hybridized carbons (Fsp3) is 0.278. The molecule has 2 rings (SSSR count). The van der Waals surface area contributed by atoms with Crippen LogP contribution in [0.2, 0.25) is 0 Å². The normalized spacial score (nSPS) is 10.4. The molecule has 0 aromatic heterocycles. The first-order valence-corrected chi connectivity index (χ1v) is 7.30. The van der Waals surface area contributed by atoms with Crippen molar-refractivity contribution in [2.24, 2.45) is 0 Å². The van der Waals surface area contributed by atoms with Crippen molar-refractivity contribution in [3.63, 3.8) is 0 Å². The third-order valence-electron chi connectivity index (χ3n) is 3.62. The van der Waals surface area contributed by atoms with Crippen LogP contribution in [0.3, 0.4) is 0 Å². The molecule has 110 valence electrons. The largest absolute Gasteiger partial charge is 0.507 e. The van der Waals surface area contributed by atoms with E-state index in [0.29, 0.717) is 12.0 Å². The van der Waals surface area contributed by atoms with Gasteiger partial charge < -0.3 is 10.0 Å². The summed E-state index contributed by atoms with van der Waals surface area (Å²) in [5.74, 6) is -0.00914. The van der Waals surface area contributed by atoms with Crippen LogP contribution in [-0.4, -0.2) is 24.0 Å². The maximum absolute atomic E-state index is 12.3. The topological polar surface area (TPSA) is 40.5 Å². The highest BCUT2D eigenvalue weighted by atomic mass is 16.3. The van der Waals surface area contributed by atoms with Crippen LogP contribution in [0.5, 0.6) is 5.75 Å². The molecule has 0 fully saturated rings. The third-order valence-corrected chi connectivity index (χ3v) is 3.62. The van der Waals surface area contributed by atoms with Gasteiger partial charge in [-0.05, 0) is 31.5 Å². The van der Waals surface area contributed by atoms with Gasteiger partial charge in [-0.25, -0.2) is 0 Å². The van der Waals surface area contributed by atoms with E-state index in [1.165, 1.54) is 0 Å². The minimum Gasteiger partial charge on any atom is -0.507 e. The van der Waals surface area contributed by atoms with E-state index in [4.69, 9.17) is 0 Å². The Balaban J connectivity index is 2.19. The Labute approximate surface area is 125 Å². The molecule has 21 heavy (non-hydrogen) atoms. The molecule has 0 aliphatic rings. The van der Waals surface area contributed by atoms with E-state index in [1.54, 1.807) is 12.1 Å². The lowest BCUT2D eigenvalue weighted by Gasteiger charge is -2.21. The molecule has 0 unspecified atom stereocenters. The van der Waals surface area contributed by atoms with Crippen LogP contribution < -0.4 is 4.90 Å². The van der Waals surface area contributed by atoms with Crippen LogP contribution in [0.25, 0.3) is 0 Å². The van der Waals surface area contributed by atoms with Gasteiger partial charge in [0.2, 0.25) is 0 Å². The van der Waals surface area contributed by atoms with Crippen molar-refractivity contribution < 1.29 is 9.90 Å². The molecule has 0 heterocycles. The quantitative estimate of drug-likeness (QED) is 0.822. The summed E-state index contributed by atoms with van der Waals surface area (Å²) in [5, 5.41) is 10.1. The van der Waals surface area contributed by atoms with Crippen LogP contribution in [0, 0.1) is 0 Å². The van der Waals surface area contributed by atoms with Gasteiger partial charge in [-0.1, -0.05) is 30.3 Å². The summed E-state index contributed by atoms with van der Waals surface area (Å²) in [6.07, 6.45) is 0.305. The van der Waals surface area contributed by atoms with Crippen LogP contribution in [0.1, 0.15) is 29.8 Å². The Hall–Kier alpha value is -2.29. The van der Waals surface area contributed by atoms with Gasteiger partial charge in [0.05, 0.1) is 5.56 Å². The number of carbonyl (C=O) groups excluding carboxylic acids is 1. The summed E-state index contributed by atoms with van der Waals surface area (Å²) >= 11 is 0. The number of phenols is 1. The Morgan fingerprint density at radius 2 is 1.71 bits per heavy atom. The van der Waals surface area contributed by atoms with Crippen molar-refractivity contribution >= 4 is 11.5 Å². The predicted molar refractivity (Wildman–Crippen MR) is 86.1 cm³/mol. The van der Waals surface area contributed by atoms with Crippen molar-refractivity contribution in [3.8, 4) is 5.75 Å². The molecule has 1 N–H and O–H groups in total. The highest BCUT2D eigenvalue weighted by Crippen LogP contribution is 2.25. The van der Waals surface area contributed by atoms with Crippen LogP contribution in [0.15, 0.2) is 48.5 Å². The molecule has 2 aromatic rings. The van der Waals surface area contributed by atoms with E-state index < -0.39 is 0 Å². The van der Waals surface area contributed by atoms with Crippen molar-refractivity contribution in [2.75, 3.05) is 18.0 Å². The van der Waals surface area contributed by atoms with E-state index in [0.717, 1.165) is 24.3 Å². The summed E-state index contributed by atoms with van der Waals surface area (Å²) in [6.45, 7) is 5.87. The second-order valence-electron chi connectivity index (χ2n) is 4.96. The standard InChI is InChI=1S/C18H21NO2/c1-3-19(4-2)15-10-11-16(18(21)13-15)17(20)12-14-8-6-5-7-9-14/h5-11,13,21H,3-4,12H2,1-2H3. The summed E-state index contributed by atoms with van der Waals surface area (Å²) in [4.78, 5) is 14.4. The Morgan fingerprint density at radius 1 is 1.05 bits per heavy atom. The number of rotatable bonds is 6. The minimum absolute atomic E-state index is 0.0559. The van der Waals surface area contributed by atoms with Gasteiger partial charge >= 0.3 is 0 Å². The first-order chi connectivity index (χ1) is 10.2. The monoisotopic (exact) mass is 283 g/mol. The van der Waals surface area contributed by atoms with E-state index in [1.807, 2.05) is 36.4 Å². The van der Waals surface area contributed by atoms with Crippen LogP contribution >= 0.6 is 0 Å². The van der Waals surface area contributed by atoms with Gasteiger partial charge in [0.25, 0.3) is 0 Å². The Kier molecular flexibility index (Phi) is 4.99. The highest BCUT2D eigenvalue weighted by molar-refractivity contribution is 6.00. The number of nitrogens with zero attached hydrogens (tertiary/aromatic N) is 1. The van der Waals surface area contributed by atoms with E-state index in [2.05, 4.69) is 18.7 Å². The van der Waals surface area contributed by atoms with Crippen molar-refractivity contribution in [2.45, 2.75) is 20.3 Å². The van der Waals surface area contributed by atoms with Crippen molar-refractivity contribution in [3.05, 3.63) is 59.7 Å². The summed E-state index contributed by atoms with van der Waals surface area (Å²) < 4.78 is 0. The first kappa shape index (κ1) is 15.1. The molecule has 0 radical (unpaired) electrons. The SMILES string of the molecule is CCN(CC)c1ccc(C(=O)Cc2ccccc2)c(O)c1. The zero-order valence-electron chi connectivity index (χ0n) is 12.5. The van der Waals surface area contributed by atoms with Gasteiger partial charge in [-0.15, -0.1) is 0 Å². The predicted octanol–water partition coefficient (Wildman–Crippen LogP) is 3.66. The highest BCUT2D eigenvalue weighted by Gasteiger charge is 2.13. The first-order valence-electron chi connectivity index (χ1n) is 7.30. The average Bonchev–Trinajstić information content (AvgIpc) is 2.49. The fourth-order valence-electron chi connectivity index (χ4n) is 2.42. The van der Waals surface area contributed by atoms with Crippen LogP contribution in [0.4, 0.5) is 5.69 Å². The molecule has 0 amide bonds. The van der Waals surface area contributed by atoms with E-state index >= 15 is 0 Å². The summed E-state index contributed by atoms with van der Waals surface area (Å²) in [6, 6.07) is 14.9. The second kappa shape index (κ2) is 6.93. The fourth-order valence-corrected chi connectivity index (χ4v) is 2.42. The number of hydrogen-bond acceptors (Lipinski definition) is 3. The number of hydrogen-bond donors (Lipinski definition) is 1. The smallest absolute Gasteiger partial charge is 0.170 e. The van der Waals surface area contributed by atoms with E-state index in [-0.39, 0.29) is 11.5 Å². The summed E-state index contributed by atoms with van der Waals surface area (Å²) in [7, 11) is 0. The lowest BCUT2D eigenvalue weighted by atomic mass is 10.0. The number of anilines is 1. The third kappa shape index (κ3) is 3.63. The molecule has 0 atom stereocenters. The van der Waals surface area contributed by atoms with Gasteiger partial charge in [-0.3, -0.25) is 4.79 Å². The average molecular weight is 283 g/mol. The van der Waals surface area contributed by atoms with Gasteiger partial charge in [0.1, 0.15) is 5.75 Å². The number of Topliss-reactive ketones (excluding diaryl/α,β-unsaturated/α-hetero) is 1. The zero-order chi connectivity index (χ0) is 15.2. The molecule has 0 bridgehead atoms. The second-order valence-corrected chi connectivity index (χ2v) is 4.96. The minimum atomic E-state index is -0.0650. The van der Waals surface area contributed by atoms with Gasteiger partial charge in [0, 0.05) is 31.3 Å². The number of benzene rings is 2. The number of ketones is 1. The van der Waals surface area contributed by atoms with Crippen molar-refractivity contribution in [1.29, 1.82) is 0 Å². The maximum atomic E-state index is 12.3. The number of phenolic OH excluding ortho intramolecular Hbond substituents is 1. The molecule has 3 heteroatoms. The molecule has 0 spiro atoms. The van der Waals surface area contributed by atoms with Crippen LogP contribution in [-0.2, 0) is 6.42 Å². The van der Waals surface area contributed by atoms with Gasteiger partial charge in [-0.2, -0.15) is 0 Å². The molecular formula is C18H21NO2. The lowest BCUT2D eigenvalue weighted by molar-refractivity contribution is 0.0990. The number of carbonyl (C=O) groups is 1. The molecule has 2 aromatic carbocycles. The maximum Gasteiger partial charge on any atom is 0.170 e. The van der Waals surface area contributed by atoms with E-state index in [9.17, 15) is 9.90 Å².